The van der Waals surface area contributed by atoms with Gasteiger partial charge in [0.05, 0.1) is 0 Å². The van der Waals surface area contributed by atoms with Gasteiger partial charge in [0.15, 0.2) is 0 Å². The van der Waals surface area contributed by atoms with Crippen molar-refractivity contribution in [2.24, 2.45) is 5.41 Å². The van der Waals surface area contributed by atoms with Gasteiger partial charge in [-0.15, -0.1) is 0 Å². The Morgan fingerprint density at radius 3 is 1.78 bits per heavy atom. The monoisotopic (exact) mass is 377 g/mol. The molecule has 1 amide bonds. The summed E-state index contributed by atoms with van der Waals surface area (Å²) in [6.07, 6.45) is 21.9. The van der Waals surface area contributed by atoms with Crippen molar-refractivity contribution in [2.75, 3.05) is 0 Å². The summed E-state index contributed by atoms with van der Waals surface area (Å²) in [6, 6.07) is 0.509. The van der Waals surface area contributed by atoms with Crippen LogP contribution in [0.25, 0.3) is 0 Å². The fourth-order valence-electron chi connectivity index (χ4n) is 4.30. The van der Waals surface area contributed by atoms with Crippen molar-refractivity contribution in [3.63, 3.8) is 0 Å². The highest BCUT2D eigenvalue weighted by Crippen LogP contribution is 2.50. The first-order valence-electron chi connectivity index (χ1n) is 11.6. The highest BCUT2D eigenvalue weighted by atomic mass is 16.5. The summed E-state index contributed by atoms with van der Waals surface area (Å²) in [5.41, 5.74) is -0.0161. The molecule has 3 aliphatic rings. The van der Waals surface area contributed by atoms with E-state index in [4.69, 9.17) is 4.74 Å². The third kappa shape index (κ3) is 7.12. The van der Waals surface area contributed by atoms with Crippen LogP contribution in [0.15, 0.2) is 0 Å². The molecule has 0 spiro atoms. The highest BCUT2D eigenvalue weighted by Gasteiger charge is 2.49. The van der Waals surface area contributed by atoms with Crippen LogP contribution in [0.3, 0.4) is 0 Å². The second-order valence-corrected chi connectivity index (χ2v) is 9.46. The molecular weight excluding hydrogens is 338 g/mol. The first-order valence-corrected chi connectivity index (χ1v) is 11.6. The maximum absolute atomic E-state index is 12.2. The Balaban J connectivity index is 1.07. The van der Waals surface area contributed by atoms with E-state index in [-0.39, 0.29) is 11.0 Å². The van der Waals surface area contributed by atoms with Crippen molar-refractivity contribution in [1.29, 1.82) is 0 Å². The van der Waals surface area contributed by atoms with Crippen molar-refractivity contribution in [3.8, 4) is 0 Å². The summed E-state index contributed by atoms with van der Waals surface area (Å²) in [5, 5.41) is 3.20. The number of carbonyl (C=O) groups is 2. The van der Waals surface area contributed by atoms with Crippen LogP contribution in [0, 0.1) is 5.41 Å². The summed E-state index contributed by atoms with van der Waals surface area (Å²) >= 11 is 0. The molecule has 0 aromatic rings. The predicted octanol–water partition coefficient (Wildman–Crippen LogP) is 5.43. The van der Waals surface area contributed by atoms with Crippen molar-refractivity contribution in [2.45, 2.75) is 127 Å². The fraction of sp³-hybridized carbons (Fsp3) is 0.913. The quantitative estimate of drug-likeness (QED) is 0.271. The van der Waals surface area contributed by atoms with E-state index in [1.54, 1.807) is 0 Å². The van der Waals surface area contributed by atoms with Gasteiger partial charge in [-0.25, -0.2) is 0 Å². The van der Waals surface area contributed by atoms with Gasteiger partial charge in [0.2, 0.25) is 5.91 Å². The van der Waals surface area contributed by atoms with E-state index in [0.717, 1.165) is 38.5 Å². The molecule has 4 heteroatoms. The van der Waals surface area contributed by atoms with E-state index >= 15 is 0 Å². The van der Waals surface area contributed by atoms with Crippen LogP contribution >= 0.6 is 0 Å². The van der Waals surface area contributed by atoms with Crippen LogP contribution in [0.1, 0.15) is 116 Å². The van der Waals surface area contributed by atoms with Gasteiger partial charge in [-0.2, -0.15) is 0 Å². The zero-order valence-electron chi connectivity index (χ0n) is 17.1. The topological polar surface area (TPSA) is 55.4 Å². The van der Waals surface area contributed by atoms with Gasteiger partial charge in [0.1, 0.15) is 5.60 Å². The summed E-state index contributed by atoms with van der Waals surface area (Å²) in [4.78, 5) is 22.7. The van der Waals surface area contributed by atoms with Crippen LogP contribution in [0.4, 0.5) is 0 Å². The smallest absolute Gasteiger partial charge is 0.293 e. The van der Waals surface area contributed by atoms with E-state index in [1.165, 1.54) is 77.0 Å². The zero-order valence-corrected chi connectivity index (χ0v) is 17.1. The molecule has 27 heavy (non-hydrogen) atoms. The molecule has 4 nitrogen and oxygen atoms in total. The van der Waals surface area contributed by atoms with E-state index in [1.807, 2.05) is 0 Å². The molecule has 0 saturated heterocycles. The number of carbonyl (C=O) groups excluding carboxylic acids is 2. The standard InChI is InChI=1S/C23H39NO3/c25-19-27-23(17-18-23)14-10-8-6-4-2-1-3-5-7-9-13-22(15-16-22)21(26)24-20-11-12-20/h19-20H,1-18H2,(H,24,26). The Morgan fingerprint density at radius 2 is 1.33 bits per heavy atom. The first kappa shape index (κ1) is 20.7. The Labute approximate surface area is 165 Å². The summed E-state index contributed by atoms with van der Waals surface area (Å²) in [7, 11) is 0. The number of hydrogen-bond acceptors (Lipinski definition) is 3. The molecule has 0 heterocycles. The molecule has 3 saturated carbocycles. The number of unbranched alkanes of at least 4 members (excludes halogenated alkanes) is 9. The molecule has 3 aliphatic carbocycles. The Hall–Kier alpha value is -1.06. The molecule has 0 unspecified atom stereocenters. The summed E-state index contributed by atoms with van der Waals surface area (Å²) in [6.45, 7) is 0.625. The van der Waals surface area contributed by atoms with Gasteiger partial charge in [-0.1, -0.05) is 57.8 Å². The number of hydrogen-bond donors (Lipinski definition) is 1. The van der Waals surface area contributed by atoms with E-state index in [0.29, 0.717) is 18.4 Å². The maximum atomic E-state index is 12.2. The predicted molar refractivity (Wildman–Crippen MR) is 107 cm³/mol. The zero-order chi connectivity index (χ0) is 19.0. The lowest BCUT2D eigenvalue weighted by Gasteiger charge is -2.14. The third-order valence-electron chi connectivity index (χ3n) is 6.89. The number of nitrogens with one attached hydrogen (secondary N) is 1. The molecule has 0 aliphatic heterocycles. The number of amides is 1. The van der Waals surface area contributed by atoms with Crippen molar-refractivity contribution in [1.82, 2.24) is 5.32 Å². The molecule has 3 fully saturated rings. The molecule has 3 rings (SSSR count). The molecule has 0 bridgehead atoms. The van der Waals surface area contributed by atoms with Crippen LogP contribution in [0.2, 0.25) is 0 Å². The maximum Gasteiger partial charge on any atom is 0.293 e. The lowest BCUT2D eigenvalue weighted by molar-refractivity contribution is -0.135. The average Bonchev–Trinajstić information content (AvgIpc) is 3.50. The largest absolute Gasteiger partial charge is 0.461 e. The normalized spacial score (nSPS) is 21.5. The SMILES string of the molecule is O=COC1(CCCCCCCCCCCCC2(C(=O)NC3CC3)CC2)CC1. The highest BCUT2D eigenvalue weighted by molar-refractivity contribution is 5.85. The van der Waals surface area contributed by atoms with Gasteiger partial charge in [-0.05, 0) is 57.8 Å². The van der Waals surface area contributed by atoms with Gasteiger partial charge < -0.3 is 10.1 Å². The second kappa shape index (κ2) is 9.93. The fourth-order valence-corrected chi connectivity index (χ4v) is 4.30. The van der Waals surface area contributed by atoms with Crippen molar-refractivity contribution >= 4 is 12.4 Å². The minimum Gasteiger partial charge on any atom is -0.461 e. The molecule has 0 aromatic carbocycles. The lowest BCUT2D eigenvalue weighted by Crippen LogP contribution is -2.33. The van der Waals surface area contributed by atoms with E-state index in [2.05, 4.69) is 5.32 Å². The Kier molecular flexibility index (Phi) is 7.60. The lowest BCUT2D eigenvalue weighted by atomic mass is 9.96. The Bertz CT molecular complexity index is 478. The summed E-state index contributed by atoms with van der Waals surface area (Å²) in [5.74, 6) is 0.357. The molecule has 154 valence electrons. The minimum absolute atomic E-state index is 0.0401. The van der Waals surface area contributed by atoms with Crippen molar-refractivity contribution in [3.05, 3.63) is 0 Å². The van der Waals surface area contributed by atoms with E-state index < -0.39 is 0 Å². The number of ether oxygens (including phenoxy) is 1. The Morgan fingerprint density at radius 1 is 0.815 bits per heavy atom. The second-order valence-electron chi connectivity index (χ2n) is 9.46. The van der Waals surface area contributed by atoms with Gasteiger partial charge >= 0.3 is 0 Å². The first-order chi connectivity index (χ1) is 13.2. The van der Waals surface area contributed by atoms with Gasteiger partial charge in [0.25, 0.3) is 6.47 Å². The van der Waals surface area contributed by atoms with Crippen LogP contribution in [-0.4, -0.2) is 24.0 Å². The van der Waals surface area contributed by atoms with E-state index in [9.17, 15) is 9.59 Å². The average molecular weight is 378 g/mol. The van der Waals surface area contributed by atoms with Crippen LogP contribution in [0.5, 0.6) is 0 Å². The van der Waals surface area contributed by atoms with Crippen LogP contribution in [-0.2, 0) is 14.3 Å². The molecule has 0 aromatic heterocycles. The minimum atomic E-state index is -0.0562. The molecule has 0 atom stereocenters. The molecule has 0 radical (unpaired) electrons. The third-order valence-corrected chi connectivity index (χ3v) is 6.89. The summed E-state index contributed by atoms with van der Waals surface area (Å²) < 4.78 is 5.19. The van der Waals surface area contributed by atoms with Crippen molar-refractivity contribution < 1.29 is 14.3 Å². The molecular formula is C23H39NO3. The van der Waals surface area contributed by atoms with Gasteiger partial charge in [0, 0.05) is 11.5 Å². The van der Waals surface area contributed by atoms with Crippen LogP contribution < -0.4 is 5.32 Å². The molecule has 1 N–H and O–H groups in total. The van der Waals surface area contributed by atoms with Gasteiger partial charge in [-0.3, -0.25) is 9.59 Å². The number of rotatable bonds is 17.